The second-order valence-electron chi connectivity index (χ2n) is 5.39. The lowest BCUT2D eigenvalue weighted by molar-refractivity contribution is 0.101. The Bertz CT molecular complexity index is 441. The van der Waals surface area contributed by atoms with E-state index in [9.17, 15) is 4.79 Å². The summed E-state index contributed by atoms with van der Waals surface area (Å²) in [5.41, 5.74) is 2.51. The summed E-state index contributed by atoms with van der Waals surface area (Å²) in [4.78, 5) is 13.7. The predicted molar refractivity (Wildman–Crippen MR) is 68.6 cm³/mol. The molecule has 17 heavy (non-hydrogen) atoms. The van der Waals surface area contributed by atoms with Crippen LogP contribution in [0.3, 0.4) is 0 Å². The molecule has 0 bridgehead atoms. The Labute approximate surface area is 102 Å². The molecule has 0 radical (unpaired) electrons. The molecule has 2 fully saturated rings. The number of carbonyl (C=O) groups is 1. The lowest BCUT2D eigenvalue weighted by Gasteiger charge is -2.49. The van der Waals surface area contributed by atoms with Gasteiger partial charge in [0.05, 0.1) is 0 Å². The van der Waals surface area contributed by atoms with Crippen molar-refractivity contribution in [1.82, 2.24) is 5.32 Å². The van der Waals surface area contributed by atoms with Crippen LogP contribution in [0, 0.1) is 5.41 Å². The molecular formula is C14H18N2O. The molecule has 0 atom stereocenters. The number of nitrogens with one attached hydrogen (secondary N) is 1. The fourth-order valence-corrected chi connectivity index (χ4v) is 2.93. The van der Waals surface area contributed by atoms with Crippen molar-refractivity contribution >= 4 is 11.5 Å². The number of hydrogen-bond acceptors (Lipinski definition) is 3. The molecule has 0 amide bonds. The molecule has 2 saturated heterocycles. The van der Waals surface area contributed by atoms with Gasteiger partial charge in [-0.05, 0) is 32.0 Å². The Hall–Kier alpha value is -1.35. The van der Waals surface area contributed by atoms with E-state index in [-0.39, 0.29) is 5.78 Å². The third-order valence-corrected chi connectivity index (χ3v) is 4.00. The van der Waals surface area contributed by atoms with Gasteiger partial charge in [-0.1, -0.05) is 12.1 Å². The Morgan fingerprint density at radius 1 is 1.41 bits per heavy atom. The second-order valence-corrected chi connectivity index (χ2v) is 5.39. The van der Waals surface area contributed by atoms with Crippen LogP contribution in [0.1, 0.15) is 23.7 Å². The molecule has 2 aliphatic heterocycles. The van der Waals surface area contributed by atoms with Crippen molar-refractivity contribution < 1.29 is 4.79 Å². The summed E-state index contributed by atoms with van der Waals surface area (Å²) in [5, 5.41) is 3.44. The Morgan fingerprint density at radius 3 is 2.88 bits per heavy atom. The highest BCUT2D eigenvalue weighted by Crippen LogP contribution is 2.39. The van der Waals surface area contributed by atoms with Gasteiger partial charge in [0.15, 0.2) is 5.78 Å². The quantitative estimate of drug-likeness (QED) is 0.785. The fourth-order valence-electron chi connectivity index (χ4n) is 2.93. The van der Waals surface area contributed by atoms with Gasteiger partial charge in [0.25, 0.3) is 0 Å². The van der Waals surface area contributed by atoms with E-state index in [0.29, 0.717) is 5.41 Å². The smallest absolute Gasteiger partial charge is 0.159 e. The maximum absolute atomic E-state index is 11.3. The minimum Gasteiger partial charge on any atom is -0.370 e. The lowest BCUT2D eigenvalue weighted by Crippen LogP contribution is -2.57. The van der Waals surface area contributed by atoms with Crippen molar-refractivity contribution in [2.24, 2.45) is 5.41 Å². The largest absolute Gasteiger partial charge is 0.370 e. The normalized spacial score (nSPS) is 21.6. The van der Waals surface area contributed by atoms with Crippen LogP contribution >= 0.6 is 0 Å². The number of hydrogen-bond donors (Lipinski definition) is 1. The monoisotopic (exact) mass is 230 g/mol. The van der Waals surface area contributed by atoms with E-state index in [1.54, 1.807) is 6.92 Å². The lowest BCUT2D eigenvalue weighted by atomic mass is 9.79. The molecule has 3 heteroatoms. The van der Waals surface area contributed by atoms with Crippen LogP contribution in [0.25, 0.3) is 0 Å². The minimum atomic E-state index is 0.143. The minimum absolute atomic E-state index is 0.143. The van der Waals surface area contributed by atoms with Crippen LogP contribution in [0.2, 0.25) is 0 Å². The van der Waals surface area contributed by atoms with Gasteiger partial charge in [-0.25, -0.2) is 0 Å². The van der Waals surface area contributed by atoms with E-state index >= 15 is 0 Å². The third kappa shape index (κ3) is 1.84. The zero-order chi connectivity index (χ0) is 11.9. The van der Waals surface area contributed by atoms with Gasteiger partial charge < -0.3 is 10.2 Å². The fraction of sp³-hybridized carbons (Fsp3) is 0.500. The first kappa shape index (κ1) is 10.8. The summed E-state index contributed by atoms with van der Waals surface area (Å²) < 4.78 is 0. The van der Waals surface area contributed by atoms with E-state index in [1.165, 1.54) is 12.1 Å². The van der Waals surface area contributed by atoms with Crippen LogP contribution < -0.4 is 10.2 Å². The van der Waals surface area contributed by atoms with Crippen molar-refractivity contribution in [3.8, 4) is 0 Å². The van der Waals surface area contributed by atoms with Crippen LogP contribution in [0.15, 0.2) is 24.3 Å². The molecular weight excluding hydrogens is 212 g/mol. The number of carbonyl (C=O) groups excluding carboxylic acids is 1. The highest BCUT2D eigenvalue weighted by Gasteiger charge is 2.44. The van der Waals surface area contributed by atoms with Gasteiger partial charge >= 0.3 is 0 Å². The molecule has 0 aromatic heterocycles. The summed E-state index contributed by atoms with van der Waals surface area (Å²) in [6.45, 7) is 6.18. The standard InChI is InChI=1S/C14H18N2O/c1-11(17)12-3-2-4-13(7-12)16-9-14(10-16)5-6-15-8-14/h2-4,7,15H,5-6,8-10H2,1H3. The van der Waals surface area contributed by atoms with Crippen molar-refractivity contribution in [2.75, 3.05) is 31.1 Å². The van der Waals surface area contributed by atoms with Gasteiger partial charge in [0, 0.05) is 36.3 Å². The maximum Gasteiger partial charge on any atom is 0.159 e. The van der Waals surface area contributed by atoms with E-state index in [4.69, 9.17) is 0 Å². The second kappa shape index (κ2) is 3.84. The molecule has 3 rings (SSSR count). The Kier molecular flexibility index (Phi) is 2.44. The summed E-state index contributed by atoms with van der Waals surface area (Å²) in [6.07, 6.45) is 1.29. The molecule has 1 aromatic rings. The summed E-state index contributed by atoms with van der Waals surface area (Å²) >= 11 is 0. The third-order valence-electron chi connectivity index (χ3n) is 4.00. The zero-order valence-electron chi connectivity index (χ0n) is 10.2. The molecule has 0 aliphatic carbocycles. The molecule has 1 N–H and O–H groups in total. The number of ketones is 1. The van der Waals surface area contributed by atoms with Gasteiger partial charge in [-0.15, -0.1) is 0 Å². The van der Waals surface area contributed by atoms with Crippen molar-refractivity contribution in [3.05, 3.63) is 29.8 Å². The first-order valence-electron chi connectivity index (χ1n) is 6.25. The molecule has 1 aromatic carbocycles. The zero-order valence-corrected chi connectivity index (χ0v) is 10.2. The first-order chi connectivity index (χ1) is 8.19. The highest BCUT2D eigenvalue weighted by molar-refractivity contribution is 5.95. The maximum atomic E-state index is 11.3. The van der Waals surface area contributed by atoms with E-state index in [2.05, 4.69) is 16.3 Å². The van der Waals surface area contributed by atoms with E-state index in [0.717, 1.165) is 31.7 Å². The number of Topliss-reactive ketones (excluding diaryl/α,β-unsaturated/α-hetero) is 1. The summed E-state index contributed by atoms with van der Waals surface area (Å²) in [5.74, 6) is 0.143. The molecule has 2 heterocycles. The van der Waals surface area contributed by atoms with Crippen molar-refractivity contribution in [1.29, 1.82) is 0 Å². The van der Waals surface area contributed by atoms with E-state index < -0.39 is 0 Å². The molecule has 90 valence electrons. The number of benzene rings is 1. The predicted octanol–water partition coefficient (Wildman–Crippen LogP) is 1.69. The van der Waals surface area contributed by atoms with Crippen LogP contribution in [-0.4, -0.2) is 32.0 Å². The Morgan fingerprint density at radius 2 is 2.24 bits per heavy atom. The van der Waals surface area contributed by atoms with Crippen LogP contribution in [-0.2, 0) is 0 Å². The van der Waals surface area contributed by atoms with Gasteiger partial charge in [-0.3, -0.25) is 4.79 Å². The molecule has 2 aliphatic rings. The van der Waals surface area contributed by atoms with Gasteiger partial charge in [0.2, 0.25) is 0 Å². The average Bonchev–Trinajstić information content (AvgIpc) is 2.76. The van der Waals surface area contributed by atoms with Crippen molar-refractivity contribution in [3.63, 3.8) is 0 Å². The first-order valence-corrected chi connectivity index (χ1v) is 6.25. The highest BCUT2D eigenvalue weighted by atomic mass is 16.1. The van der Waals surface area contributed by atoms with Crippen LogP contribution in [0.5, 0.6) is 0 Å². The van der Waals surface area contributed by atoms with Crippen LogP contribution in [0.4, 0.5) is 5.69 Å². The molecule has 0 unspecified atom stereocenters. The van der Waals surface area contributed by atoms with Gasteiger partial charge in [0.1, 0.15) is 0 Å². The number of rotatable bonds is 2. The molecule has 3 nitrogen and oxygen atoms in total. The van der Waals surface area contributed by atoms with Gasteiger partial charge in [-0.2, -0.15) is 0 Å². The molecule has 1 spiro atoms. The number of nitrogens with zero attached hydrogens (tertiary/aromatic N) is 1. The molecule has 0 saturated carbocycles. The summed E-state index contributed by atoms with van der Waals surface area (Å²) in [6, 6.07) is 7.97. The summed E-state index contributed by atoms with van der Waals surface area (Å²) in [7, 11) is 0. The SMILES string of the molecule is CC(=O)c1cccc(N2CC3(CCNC3)C2)c1. The van der Waals surface area contributed by atoms with Crippen molar-refractivity contribution in [2.45, 2.75) is 13.3 Å². The van der Waals surface area contributed by atoms with E-state index in [1.807, 2.05) is 18.2 Å². The number of anilines is 1. The Balaban J connectivity index is 1.74. The topological polar surface area (TPSA) is 32.3 Å². The average molecular weight is 230 g/mol.